The Hall–Kier alpha value is -1.63. The van der Waals surface area contributed by atoms with Gasteiger partial charge in [0.1, 0.15) is 0 Å². The summed E-state index contributed by atoms with van der Waals surface area (Å²) < 4.78 is 9.96. The molecule has 0 saturated heterocycles. The van der Waals surface area contributed by atoms with Crippen LogP contribution in [0.25, 0.3) is 0 Å². The molecular formula is C9H17N5O2. The zero-order valence-corrected chi connectivity index (χ0v) is 9.73. The number of nitrogens with zero attached hydrogens (tertiary/aromatic N) is 3. The van der Waals surface area contributed by atoms with E-state index >= 15 is 0 Å². The van der Waals surface area contributed by atoms with Crippen molar-refractivity contribution in [3.8, 4) is 6.01 Å². The highest BCUT2D eigenvalue weighted by Gasteiger charge is 2.09. The Balaban J connectivity index is 2.74. The minimum Gasteiger partial charge on any atom is -0.467 e. The molecule has 0 aromatic carbocycles. The standard InChI is InChI=1S/C9H17N5O2/c1-4-6(5-15-2)11-8-12-7(10)13-9(14-8)16-3/h6H,4-5H2,1-3H3,(H3,10,11,12,13,14). The van der Waals surface area contributed by atoms with E-state index in [2.05, 4.69) is 20.3 Å². The minimum absolute atomic E-state index is 0.126. The van der Waals surface area contributed by atoms with Crippen molar-refractivity contribution >= 4 is 11.9 Å². The first-order chi connectivity index (χ1) is 7.69. The molecule has 0 bridgehead atoms. The first-order valence-electron chi connectivity index (χ1n) is 5.00. The lowest BCUT2D eigenvalue weighted by Crippen LogP contribution is -2.25. The Kier molecular flexibility index (Phi) is 4.71. The van der Waals surface area contributed by atoms with Crippen LogP contribution in [0, 0.1) is 0 Å². The Morgan fingerprint density at radius 3 is 2.62 bits per heavy atom. The summed E-state index contributed by atoms with van der Waals surface area (Å²) in [6.07, 6.45) is 0.891. The Morgan fingerprint density at radius 2 is 2.06 bits per heavy atom. The summed E-state index contributed by atoms with van der Waals surface area (Å²) in [7, 11) is 3.12. The number of aromatic nitrogens is 3. The van der Waals surface area contributed by atoms with Crippen LogP contribution in [-0.2, 0) is 4.74 Å². The summed E-state index contributed by atoms with van der Waals surface area (Å²) in [6, 6.07) is 0.332. The van der Waals surface area contributed by atoms with Crippen LogP contribution in [0.3, 0.4) is 0 Å². The van der Waals surface area contributed by atoms with Crippen LogP contribution in [0.1, 0.15) is 13.3 Å². The SMILES string of the molecule is CCC(COC)Nc1nc(N)nc(OC)n1. The summed E-state index contributed by atoms with van der Waals surface area (Å²) in [5.41, 5.74) is 5.51. The van der Waals surface area contributed by atoms with Crippen LogP contribution in [0.5, 0.6) is 6.01 Å². The van der Waals surface area contributed by atoms with E-state index in [1.54, 1.807) is 7.11 Å². The van der Waals surface area contributed by atoms with Crippen LogP contribution >= 0.6 is 0 Å². The number of hydrogen-bond donors (Lipinski definition) is 2. The molecule has 1 aromatic rings. The highest BCUT2D eigenvalue weighted by atomic mass is 16.5. The average molecular weight is 227 g/mol. The second kappa shape index (κ2) is 6.06. The Labute approximate surface area is 94.4 Å². The monoisotopic (exact) mass is 227 g/mol. The van der Waals surface area contributed by atoms with E-state index in [9.17, 15) is 0 Å². The van der Waals surface area contributed by atoms with Crippen molar-refractivity contribution in [1.29, 1.82) is 0 Å². The third-order valence-corrected chi connectivity index (χ3v) is 2.01. The molecular weight excluding hydrogens is 210 g/mol. The van der Waals surface area contributed by atoms with Gasteiger partial charge in [-0.2, -0.15) is 15.0 Å². The fourth-order valence-electron chi connectivity index (χ4n) is 1.17. The number of nitrogen functional groups attached to an aromatic ring is 1. The molecule has 1 atom stereocenters. The van der Waals surface area contributed by atoms with Gasteiger partial charge in [0, 0.05) is 7.11 Å². The minimum atomic E-state index is 0.126. The Morgan fingerprint density at radius 1 is 1.31 bits per heavy atom. The van der Waals surface area contributed by atoms with Crippen molar-refractivity contribution < 1.29 is 9.47 Å². The van der Waals surface area contributed by atoms with E-state index in [1.807, 2.05) is 6.92 Å². The first-order valence-corrected chi connectivity index (χ1v) is 5.00. The largest absolute Gasteiger partial charge is 0.467 e. The molecule has 1 rings (SSSR count). The maximum Gasteiger partial charge on any atom is 0.322 e. The average Bonchev–Trinajstić information content (AvgIpc) is 2.27. The molecule has 0 fully saturated rings. The second-order valence-electron chi connectivity index (χ2n) is 3.21. The molecule has 0 amide bonds. The molecule has 16 heavy (non-hydrogen) atoms. The van der Waals surface area contributed by atoms with Crippen LogP contribution < -0.4 is 15.8 Å². The molecule has 7 heteroatoms. The maximum atomic E-state index is 5.51. The molecule has 0 saturated carbocycles. The van der Waals surface area contributed by atoms with Gasteiger partial charge in [-0.05, 0) is 6.42 Å². The van der Waals surface area contributed by atoms with Gasteiger partial charge in [-0.25, -0.2) is 0 Å². The first kappa shape index (κ1) is 12.4. The number of methoxy groups -OCH3 is 2. The number of hydrogen-bond acceptors (Lipinski definition) is 7. The Bertz CT molecular complexity index is 334. The van der Waals surface area contributed by atoms with Crippen LogP contribution in [0.2, 0.25) is 0 Å². The van der Waals surface area contributed by atoms with Crippen molar-refractivity contribution in [2.24, 2.45) is 0 Å². The quantitative estimate of drug-likeness (QED) is 0.721. The van der Waals surface area contributed by atoms with Crippen LogP contribution in [-0.4, -0.2) is 41.8 Å². The number of ether oxygens (including phenoxy) is 2. The van der Waals surface area contributed by atoms with Crippen LogP contribution in [0.15, 0.2) is 0 Å². The molecule has 0 aliphatic carbocycles. The van der Waals surface area contributed by atoms with E-state index in [1.165, 1.54) is 7.11 Å². The topological polar surface area (TPSA) is 95.2 Å². The van der Waals surface area contributed by atoms with Gasteiger partial charge in [0.05, 0.1) is 19.8 Å². The van der Waals surface area contributed by atoms with Crippen molar-refractivity contribution in [2.75, 3.05) is 31.9 Å². The molecule has 0 spiro atoms. The van der Waals surface area contributed by atoms with Crippen molar-refractivity contribution in [3.05, 3.63) is 0 Å². The lowest BCUT2D eigenvalue weighted by atomic mass is 10.2. The predicted molar refractivity (Wildman–Crippen MR) is 60.4 cm³/mol. The summed E-state index contributed by atoms with van der Waals surface area (Å²) >= 11 is 0. The number of nitrogens with one attached hydrogen (secondary N) is 1. The molecule has 90 valence electrons. The highest BCUT2D eigenvalue weighted by Crippen LogP contribution is 2.10. The zero-order chi connectivity index (χ0) is 12.0. The summed E-state index contributed by atoms with van der Waals surface area (Å²) in [5, 5.41) is 3.10. The molecule has 0 radical (unpaired) electrons. The van der Waals surface area contributed by atoms with Gasteiger partial charge < -0.3 is 20.5 Å². The molecule has 3 N–H and O–H groups in total. The van der Waals surface area contributed by atoms with E-state index < -0.39 is 0 Å². The zero-order valence-electron chi connectivity index (χ0n) is 9.73. The number of nitrogens with two attached hydrogens (primary N) is 1. The number of anilines is 2. The van der Waals surface area contributed by atoms with E-state index in [0.717, 1.165) is 6.42 Å². The fourth-order valence-corrected chi connectivity index (χ4v) is 1.17. The summed E-state index contributed by atoms with van der Waals surface area (Å²) in [4.78, 5) is 11.8. The van der Waals surface area contributed by atoms with Crippen molar-refractivity contribution in [1.82, 2.24) is 15.0 Å². The lowest BCUT2D eigenvalue weighted by molar-refractivity contribution is 0.184. The smallest absolute Gasteiger partial charge is 0.322 e. The summed E-state index contributed by atoms with van der Waals surface area (Å²) in [6.45, 7) is 2.61. The predicted octanol–water partition coefficient (Wildman–Crippen LogP) is 0.299. The molecule has 0 aliphatic heterocycles. The van der Waals surface area contributed by atoms with Gasteiger partial charge in [-0.1, -0.05) is 6.92 Å². The van der Waals surface area contributed by atoms with Gasteiger partial charge >= 0.3 is 6.01 Å². The van der Waals surface area contributed by atoms with Gasteiger partial charge in [-0.3, -0.25) is 0 Å². The third kappa shape index (κ3) is 3.50. The van der Waals surface area contributed by atoms with Crippen LogP contribution in [0.4, 0.5) is 11.9 Å². The molecule has 1 heterocycles. The lowest BCUT2D eigenvalue weighted by Gasteiger charge is -2.15. The molecule has 1 aromatic heterocycles. The fraction of sp³-hybridized carbons (Fsp3) is 0.667. The van der Waals surface area contributed by atoms with E-state index in [-0.39, 0.29) is 18.0 Å². The second-order valence-corrected chi connectivity index (χ2v) is 3.21. The normalized spacial score (nSPS) is 12.2. The van der Waals surface area contributed by atoms with E-state index in [0.29, 0.717) is 12.6 Å². The van der Waals surface area contributed by atoms with Gasteiger partial charge in [0.15, 0.2) is 0 Å². The number of rotatable bonds is 6. The van der Waals surface area contributed by atoms with Crippen molar-refractivity contribution in [2.45, 2.75) is 19.4 Å². The highest BCUT2D eigenvalue weighted by molar-refractivity contribution is 5.33. The maximum absolute atomic E-state index is 5.51. The molecule has 1 unspecified atom stereocenters. The van der Waals surface area contributed by atoms with Crippen molar-refractivity contribution in [3.63, 3.8) is 0 Å². The van der Waals surface area contributed by atoms with E-state index in [4.69, 9.17) is 15.2 Å². The van der Waals surface area contributed by atoms with Gasteiger partial charge in [0.2, 0.25) is 11.9 Å². The third-order valence-electron chi connectivity index (χ3n) is 2.01. The molecule has 0 aliphatic rings. The van der Waals surface area contributed by atoms with Gasteiger partial charge in [-0.15, -0.1) is 0 Å². The van der Waals surface area contributed by atoms with Gasteiger partial charge in [0.25, 0.3) is 0 Å². The summed E-state index contributed by atoms with van der Waals surface area (Å²) in [5.74, 6) is 0.523. The molecule has 7 nitrogen and oxygen atoms in total.